The molecule has 3 heteroatoms. The molecule has 0 aliphatic rings. The molecule has 1 atom stereocenters. The summed E-state index contributed by atoms with van der Waals surface area (Å²) in [5.74, 6) is -0.228. The van der Waals surface area contributed by atoms with Gasteiger partial charge in [0.15, 0.2) is 0 Å². The molecule has 0 aromatic rings. The highest BCUT2D eigenvalue weighted by atomic mass is 16.2. The second-order valence-corrected chi connectivity index (χ2v) is 2.61. The van der Waals surface area contributed by atoms with Crippen molar-refractivity contribution in [2.45, 2.75) is 13.8 Å². The van der Waals surface area contributed by atoms with Gasteiger partial charge < -0.3 is 4.90 Å². The van der Waals surface area contributed by atoms with Crippen LogP contribution in [-0.4, -0.2) is 23.9 Å². The standard InChI is InChI=1S/C9H14N2O/c1-4-9(12)11(5-2)7-8(3)6-10/h4,8H,1,5,7H2,2-3H3. The first-order chi connectivity index (χ1) is 5.65. The predicted molar refractivity (Wildman–Crippen MR) is 47.2 cm³/mol. The Kier molecular flexibility index (Phi) is 4.78. The minimum absolute atomic E-state index is 0.111. The summed E-state index contributed by atoms with van der Waals surface area (Å²) in [5.41, 5.74) is 0. The minimum Gasteiger partial charge on any atom is -0.338 e. The number of rotatable bonds is 4. The molecular weight excluding hydrogens is 152 g/mol. The number of nitriles is 1. The zero-order valence-electron chi connectivity index (χ0n) is 7.58. The molecule has 0 bridgehead atoms. The van der Waals surface area contributed by atoms with Gasteiger partial charge in [0, 0.05) is 13.1 Å². The van der Waals surface area contributed by atoms with Crippen molar-refractivity contribution in [1.82, 2.24) is 4.90 Å². The van der Waals surface area contributed by atoms with E-state index >= 15 is 0 Å². The Balaban J connectivity index is 4.10. The van der Waals surface area contributed by atoms with E-state index in [2.05, 4.69) is 12.6 Å². The quantitative estimate of drug-likeness (QED) is 0.588. The second-order valence-electron chi connectivity index (χ2n) is 2.61. The van der Waals surface area contributed by atoms with E-state index in [4.69, 9.17) is 5.26 Å². The highest BCUT2D eigenvalue weighted by molar-refractivity contribution is 5.86. The van der Waals surface area contributed by atoms with Crippen molar-refractivity contribution in [2.24, 2.45) is 5.92 Å². The smallest absolute Gasteiger partial charge is 0.245 e. The van der Waals surface area contributed by atoms with Crippen LogP contribution in [0.1, 0.15) is 13.8 Å². The van der Waals surface area contributed by atoms with Crippen LogP contribution in [0.4, 0.5) is 0 Å². The summed E-state index contributed by atoms with van der Waals surface area (Å²) in [4.78, 5) is 12.7. The van der Waals surface area contributed by atoms with Gasteiger partial charge in [-0.3, -0.25) is 4.79 Å². The van der Waals surface area contributed by atoms with Crippen LogP contribution < -0.4 is 0 Å². The Morgan fingerprint density at radius 2 is 2.42 bits per heavy atom. The van der Waals surface area contributed by atoms with Gasteiger partial charge in [0.2, 0.25) is 5.91 Å². The van der Waals surface area contributed by atoms with Gasteiger partial charge in [0.1, 0.15) is 0 Å². The van der Waals surface area contributed by atoms with Crippen molar-refractivity contribution < 1.29 is 4.79 Å². The van der Waals surface area contributed by atoms with Crippen LogP contribution in [0.2, 0.25) is 0 Å². The maximum atomic E-state index is 11.1. The molecule has 0 heterocycles. The Labute approximate surface area is 73.3 Å². The fourth-order valence-corrected chi connectivity index (χ4v) is 0.875. The van der Waals surface area contributed by atoms with Crippen molar-refractivity contribution in [2.75, 3.05) is 13.1 Å². The summed E-state index contributed by atoms with van der Waals surface area (Å²) in [5, 5.41) is 8.52. The molecule has 1 amide bonds. The number of hydrogen-bond acceptors (Lipinski definition) is 2. The number of amides is 1. The molecule has 3 nitrogen and oxygen atoms in total. The molecule has 12 heavy (non-hydrogen) atoms. The molecule has 0 aromatic heterocycles. The van der Waals surface area contributed by atoms with Gasteiger partial charge in [-0.05, 0) is 19.9 Å². The summed E-state index contributed by atoms with van der Waals surface area (Å²) in [6.07, 6.45) is 1.27. The highest BCUT2D eigenvalue weighted by Gasteiger charge is 2.10. The monoisotopic (exact) mass is 166 g/mol. The largest absolute Gasteiger partial charge is 0.338 e. The zero-order chi connectivity index (χ0) is 9.56. The molecule has 0 rings (SSSR count). The van der Waals surface area contributed by atoms with Crippen LogP contribution in [0, 0.1) is 17.2 Å². The van der Waals surface area contributed by atoms with Crippen molar-refractivity contribution in [1.29, 1.82) is 5.26 Å². The van der Waals surface area contributed by atoms with E-state index in [1.54, 1.807) is 11.8 Å². The van der Waals surface area contributed by atoms with E-state index in [1.807, 2.05) is 6.92 Å². The fraction of sp³-hybridized carbons (Fsp3) is 0.556. The molecule has 0 saturated carbocycles. The van der Waals surface area contributed by atoms with E-state index < -0.39 is 0 Å². The van der Waals surface area contributed by atoms with Crippen LogP contribution >= 0.6 is 0 Å². The van der Waals surface area contributed by atoms with Gasteiger partial charge in [-0.2, -0.15) is 5.26 Å². The topological polar surface area (TPSA) is 44.1 Å². The lowest BCUT2D eigenvalue weighted by molar-refractivity contribution is -0.126. The van der Waals surface area contributed by atoms with E-state index in [0.717, 1.165) is 0 Å². The molecule has 0 aliphatic heterocycles. The first kappa shape index (κ1) is 10.7. The molecule has 0 saturated heterocycles. The summed E-state index contributed by atoms with van der Waals surface area (Å²) in [6, 6.07) is 2.08. The Hall–Kier alpha value is -1.30. The van der Waals surface area contributed by atoms with Gasteiger partial charge in [0.05, 0.1) is 12.0 Å². The highest BCUT2D eigenvalue weighted by Crippen LogP contribution is 1.98. The molecule has 0 radical (unpaired) electrons. The summed E-state index contributed by atoms with van der Waals surface area (Å²) < 4.78 is 0. The first-order valence-electron chi connectivity index (χ1n) is 3.96. The molecule has 0 aromatic carbocycles. The molecule has 0 fully saturated rings. The third-order valence-corrected chi connectivity index (χ3v) is 1.58. The maximum absolute atomic E-state index is 11.1. The van der Waals surface area contributed by atoms with Crippen LogP contribution in [0.3, 0.4) is 0 Å². The van der Waals surface area contributed by atoms with E-state index in [-0.39, 0.29) is 11.8 Å². The third-order valence-electron chi connectivity index (χ3n) is 1.58. The fourth-order valence-electron chi connectivity index (χ4n) is 0.875. The summed E-state index contributed by atoms with van der Waals surface area (Å²) in [6.45, 7) is 8.17. The van der Waals surface area contributed by atoms with Gasteiger partial charge in [-0.1, -0.05) is 6.58 Å². The first-order valence-corrected chi connectivity index (χ1v) is 3.96. The van der Waals surface area contributed by atoms with Gasteiger partial charge in [0.25, 0.3) is 0 Å². The molecular formula is C9H14N2O. The Morgan fingerprint density at radius 1 is 1.83 bits per heavy atom. The second kappa shape index (κ2) is 5.36. The number of likely N-dealkylation sites (N-methyl/N-ethyl adjacent to an activating group) is 1. The number of nitrogens with zero attached hydrogens (tertiary/aromatic N) is 2. The van der Waals surface area contributed by atoms with E-state index in [1.165, 1.54) is 6.08 Å². The van der Waals surface area contributed by atoms with E-state index in [0.29, 0.717) is 13.1 Å². The lowest BCUT2D eigenvalue weighted by atomic mass is 10.2. The van der Waals surface area contributed by atoms with Crippen LogP contribution in [0.5, 0.6) is 0 Å². The number of hydrogen-bond donors (Lipinski definition) is 0. The average molecular weight is 166 g/mol. The normalized spacial score (nSPS) is 11.4. The van der Waals surface area contributed by atoms with Gasteiger partial charge >= 0.3 is 0 Å². The predicted octanol–water partition coefficient (Wildman–Crippen LogP) is 1.18. The van der Waals surface area contributed by atoms with Crippen molar-refractivity contribution in [3.63, 3.8) is 0 Å². The molecule has 0 spiro atoms. The minimum atomic E-state index is -0.117. The third kappa shape index (κ3) is 3.20. The molecule has 0 N–H and O–H groups in total. The van der Waals surface area contributed by atoms with Gasteiger partial charge in [-0.25, -0.2) is 0 Å². The van der Waals surface area contributed by atoms with Crippen molar-refractivity contribution in [3.8, 4) is 6.07 Å². The molecule has 66 valence electrons. The molecule has 0 aliphatic carbocycles. The molecule has 1 unspecified atom stereocenters. The SMILES string of the molecule is C=CC(=O)N(CC)CC(C)C#N. The van der Waals surface area contributed by atoms with Crippen molar-refractivity contribution >= 4 is 5.91 Å². The lowest BCUT2D eigenvalue weighted by Crippen LogP contribution is -2.32. The Morgan fingerprint density at radius 3 is 2.75 bits per heavy atom. The Bertz CT molecular complexity index is 205. The number of carbonyl (C=O) groups is 1. The van der Waals surface area contributed by atoms with Gasteiger partial charge in [-0.15, -0.1) is 0 Å². The van der Waals surface area contributed by atoms with Crippen LogP contribution in [0.15, 0.2) is 12.7 Å². The maximum Gasteiger partial charge on any atom is 0.245 e. The van der Waals surface area contributed by atoms with E-state index in [9.17, 15) is 4.79 Å². The number of carbonyl (C=O) groups excluding carboxylic acids is 1. The van der Waals surface area contributed by atoms with Crippen LogP contribution in [-0.2, 0) is 4.79 Å². The summed E-state index contributed by atoms with van der Waals surface area (Å²) >= 11 is 0. The lowest BCUT2D eigenvalue weighted by Gasteiger charge is -2.19. The van der Waals surface area contributed by atoms with Crippen LogP contribution in [0.25, 0.3) is 0 Å². The summed E-state index contributed by atoms with van der Waals surface area (Å²) in [7, 11) is 0. The zero-order valence-corrected chi connectivity index (χ0v) is 7.58. The average Bonchev–Trinajstić information content (AvgIpc) is 2.12. The van der Waals surface area contributed by atoms with Crippen molar-refractivity contribution in [3.05, 3.63) is 12.7 Å².